The van der Waals surface area contributed by atoms with Gasteiger partial charge < -0.3 is 10.1 Å². The molecule has 1 N–H and O–H groups in total. The van der Waals surface area contributed by atoms with Crippen LogP contribution in [0.1, 0.15) is 5.56 Å². The number of anilines is 1. The van der Waals surface area contributed by atoms with E-state index in [0.29, 0.717) is 16.6 Å². The summed E-state index contributed by atoms with van der Waals surface area (Å²) in [6, 6.07) is 9.98. The van der Waals surface area contributed by atoms with E-state index in [2.05, 4.69) is 5.32 Å². The molecule has 0 spiro atoms. The van der Waals surface area contributed by atoms with Gasteiger partial charge in [0.1, 0.15) is 0 Å². The van der Waals surface area contributed by atoms with Crippen molar-refractivity contribution in [3.8, 4) is 5.75 Å². The third-order valence-corrected chi connectivity index (χ3v) is 3.01. The first-order valence-corrected chi connectivity index (χ1v) is 6.36. The van der Waals surface area contributed by atoms with Crippen LogP contribution in [0.15, 0.2) is 36.4 Å². The van der Waals surface area contributed by atoms with Crippen LogP contribution in [0, 0.1) is 5.82 Å². The topological polar surface area (TPSA) is 21.3 Å². The number of hydrogen-bond acceptors (Lipinski definition) is 2. The number of benzene rings is 2. The van der Waals surface area contributed by atoms with Gasteiger partial charge in [-0.15, -0.1) is 0 Å². The van der Waals surface area contributed by atoms with Gasteiger partial charge in [-0.25, -0.2) is 4.39 Å². The molecule has 0 unspecified atom stereocenters. The second kappa shape index (κ2) is 6.13. The summed E-state index contributed by atoms with van der Waals surface area (Å²) in [6.07, 6.45) is 0. The SMILES string of the molecule is COc1ccc(CNc2cc(Cl)cc(Cl)c2)cc1F. The van der Waals surface area contributed by atoms with Gasteiger partial charge in [0.2, 0.25) is 0 Å². The lowest BCUT2D eigenvalue weighted by molar-refractivity contribution is 0.386. The van der Waals surface area contributed by atoms with Crippen LogP contribution >= 0.6 is 23.2 Å². The lowest BCUT2D eigenvalue weighted by Gasteiger charge is -2.09. The van der Waals surface area contributed by atoms with Crippen molar-refractivity contribution in [3.63, 3.8) is 0 Å². The van der Waals surface area contributed by atoms with Crippen molar-refractivity contribution < 1.29 is 9.13 Å². The molecule has 0 bridgehead atoms. The molecule has 2 aromatic carbocycles. The standard InChI is InChI=1S/C14H12Cl2FNO/c1-19-14-3-2-9(4-13(14)17)8-18-12-6-10(15)5-11(16)7-12/h2-7,18H,8H2,1H3. The Bertz CT molecular complexity index is 569. The fourth-order valence-electron chi connectivity index (χ4n) is 1.68. The molecule has 0 aliphatic carbocycles. The van der Waals surface area contributed by atoms with Gasteiger partial charge >= 0.3 is 0 Å². The molecule has 0 aliphatic rings. The summed E-state index contributed by atoms with van der Waals surface area (Å²) in [5.74, 6) is -0.152. The number of methoxy groups -OCH3 is 1. The van der Waals surface area contributed by atoms with Crippen molar-refractivity contribution in [1.82, 2.24) is 0 Å². The maximum Gasteiger partial charge on any atom is 0.165 e. The normalized spacial score (nSPS) is 10.3. The van der Waals surface area contributed by atoms with Crippen molar-refractivity contribution in [2.45, 2.75) is 6.54 Å². The Labute approximate surface area is 121 Å². The maximum atomic E-state index is 13.5. The average Bonchev–Trinajstić information content (AvgIpc) is 2.35. The lowest BCUT2D eigenvalue weighted by Crippen LogP contribution is -2.00. The van der Waals surface area contributed by atoms with Crippen molar-refractivity contribution >= 4 is 28.9 Å². The van der Waals surface area contributed by atoms with Crippen molar-refractivity contribution in [1.29, 1.82) is 0 Å². The van der Waals surface area contributed by atoms with E-state index in [4.69, 9.17) is 27.9 Å². The fourth-order valence-corrected chi connectivity index (χ4v) is 2.21. The lowest BCUT2D eigenvalue weighted by atomic mass is 10.2. The molecule has 0 fully saturated rings. The summed E-state index contributed by atoms with van der Waals surface area (Å²) in [6.45, 7) is 0.470. The molecule has 2 rings (SSSR count). The van der Waals surface area contributed by atoms with Crippen LogP contribution in [-0.2, 0) is 6.54 Å². The van der Waals surface area contributed by atoms with E-state index in [9.17, 15) is 4.39 Å². The molecule has 2 nitrogen and oxygen atoms in total. The van der Waals surface area contributed by atoms with Crippen LogP contribution in [0.3, 0.4) is 0 Å². The Hall–Kier alpha value is -1.45. The van der Waals surface area contributed by atoms with Crippen LogP contribution in [-0.4, -0.2) is 7.11 Å². The first-order valence-electron chi connectivity index (χ1n) is 5.61. The van der Waals surface area contributed by atoms with Gasteiger partial charge in [0.25, 0.3) is 0 Å². The van der Waals surface area contributed by atoms with Crippen LogP contribution < -0.4 is 10.1 Å². The summed E-state index contributed by atoms with van der Waals surface area (Å²) < 4.78 is 18.4. The molecule has 0 amide bonds. The molecular weight excluding hydrogens is 288 g/mol. The fraction of sp³-hybridized carbons (Fsp3) is 0.143. The molecule has 0 heterocycles. The van der Waals surface area contributed by atoms with E-state index >= 15 is 0 Å². The molecule has 100 valence electrons. The quantitative estimate of drug-likeness (QED) is 0.879. The van der Waals surface area contributed by atoms with Crippen molar-refractivity contribution in [2.75, 3.05) is 12.4 Å². The molecule has 0 atom stereocenters. The monoisotopic (exact) mass is 299 g/mol. The second-order valence-electron chi connectivity index (χ2n) is 3.98. The molecule has 19 heavy (non-hydrogen) atoms. The minimum atomic E-state index is -0.383. The summed E-state index contributed by atoms with van der Waals surface area (Å²) >= 11 is 11.8. The minimum absolute atomic E-state index is 0.231. The maximum absolute atomic E-state index is 13.5. The Morgan fingerprint density at radius 1 is 1.11 bits per heavy atom. The van der Waals surface area contributed by atoms with Gasteiger partial charge in [0, 0.05) is 22.3 Å². The number of nitrogens with one attached hydrogen (secondary N) is 1. The van der Waals surface area contributed by atoms with Gasteiger partial charge in [0.05, 0.1) is 7.11 Å². The summed E-state index contributed by atoms with van der Waals surface area (Å²) in [5, 5.41) is 4.23. The Kier molecular flexibility index (Phi) is 4.51. The largest absolute Gasteiger partial charge is 0.494 e. The number of rotatable bonds is 4. The van der Waals surface area contributed by atoms with Crippen LogP contribution in [0.2, 0.25) is 10.0 Å². The second-order valence-corrected chi connectivity index (χ2v) is 4.85. The number of ether oxygens (including phenoxy) is 1. The van der Waals surface area contributed by atoms with E-state index in [-0.39, 0.29) is 11.6 Å². The van der Waals surface area contributed by atoms with E-state index in [0.717, 1.165) is 11.3 Å². The molecule has 0 radical (unpaired) electrons. The van der Waals surface area contributed by atoms with Gasteiger partial charge in [-0.1, -0.05) is 29.3 Å². The Morgan fingerprint density at radius 3 is 2.37 bits per heavy atom. The first kappa shape index (κ1) is 14.0. The number of hydrogen-bond donors (Lipinski definition) is 1. The highest BCUT2D eigenvalue weighted by Crippen LogP contribution is 2.23. The Balaban J connectivity index is 2.08. The Morgan fingerprint density at radius 2 is 1.79 bits per heavy atom. The molecule has 2 aromatic rings. The predicted molar refractivity (Wildman–Crippen MR) is 76.7 cm³/mol. The molecule has 5 heteroatoms. The predicted octanol–water partition coefficient (Wildman–Crippen LogP) is 4.75. The highest BCUT2D eigenvalue weighted by molar-refractivity contribution is 6.35. The molecule has 0 aromatic heterocycles. The molecule has 0 saturated heterocycles. The third-order valence-electron chi connectivity index (χ3n) is 2.58. The van der Waals surface area contributed by atoms with E-state index < -0.39 is 0 Å². The smallest absolute Gasteiger partial charge is 0.165 e. The van der Waals surface area contributed by atoms with Gasteiger partial charge in [-0.2, -0.15) is 0 Å². The van der Waals surface area contributed by atoms with Gasteiger partial charge in [0.15, 0.2) is 11.6 Å². The third kappa shape index (κ3) is 3.75. The number of halogens is 3. The first-order chi connectivity index (χ1) is 9.08. The van der Waals surface area contributed by atoms with Crippen LogP contribution in [0.4, 0.5) is 10.1 Å². The minimum Gasteiger partial charge on any atom is -0.494 e. The van der Waals surface area contributed by atoms with Crippen molar-refractivity contribution in [3.05, 3.63) is 57.8 Å². The zero-order chi connectivity index (χ0) is 13.8. The van der Waals surface area contributed by atoms with E-state index in [1.807, 2.05) is 0 Å². The highest BCUT2D eigenvalue weighted by atomic mass is 35.5. The highest BCUT2D eigenvalue weighted by Gasteiger charge is 2.04. The van der Waals surface area contributed by atoms with E-state index in [1.54, 1.807) is 30.3 Å². The summed E-state index contributed by atoms with van der Waals surface area (Å²) in [7, 11) is 1.43. The summed E-state index contributed by atoms with van der Waals surface area (Å²) in [4.78, 5) is 0. The zero-order valence-electron chi connectivity index (χ0n) is 10.2. The average molecular weight is 300 g/mol. The van der Waals surface area contributed by atoms with Crippen LogP contribution in [0.25, 0.3) is 0 Å². The molecule has 0 aliphatic heterocycles. The zero-order valence-corrected chi connectivity index (χ0v) is 11.7. The molecule has 0 saturated carbocycles. The van der Waals surface area contributed by atoms with Crippen LogP contribution in [0.5, 0.6) is 5.75 Å². The van der Waals surface area contributed by atoms with Crippen molar-refractivity contribution in [2.24, 2.45) is 0 Å². The molecular formula is C14H12Cl2FNO. The van der Waals surface area contributed by atoms with Gasteiger partial charge in [-0.3, -0.25) is 0 Å². The van der Waals surface area contributed by atoms with Gasteiger partial charge in [-0.05, 0) is 35.9 Å². The van der Waals surface area contributed by atoms with E-state index in [1.165, 1.54) is 13.2 Å². The summed E-state index contributed by atoms with van der Waals surface area (Å²) in [5.41, 5.74) is 1.59.